The van der Waals surface area contributed by atoms with E-state index < -0.39 is 6.10 Å². The van der Waals surface area contributed by atoms with Gasteiger partial charge < -0.3 is 14.2 Å². The van der Waals surface area contributed by atoms with Gasteiger partial charge in [0, 0.05) is 19.3 Å². The summed E-state index contributed by atoms with van der Waals surface area (Å²) < 4.78 is 16.9. The molecule has 0 spiro atoms. The minimum absolute atomic E-state index is 0.100. The molecule has 0 amide bonds. The van der Waals surface area contributed by atoms with E-state index in [1.165, 1.54) is 205 Å². The number of ether oxygens (including phenoxy) is 3. The van der Waals surface area contributed by atoms with Crippen molar-refractivity contribution in [1.82, 2.24) is 0 Å². The van der Waals surface area contributed by atoms with Gasteiger partial charge in [-0.15, -0.1) is 0 Å². The van der Waals surface area contributed by atoms with Gasteiger partial charge in [-0.1, -0.05) is 298 Å². The molecule has 0 aromatic rings. The molecule has 0 bridgehead atoms. The van der Waals surface area contributed by atoms with Gasteiger partial charge in [0.15, 0.2) is 6.10 Å². The first kappa shape index (κ1) is 75.3. The standard InChI is InChI=1S/C73H126O6/c1-4-7-10-13-16-19-22-25-27-29-31-33-34-35-36-37-38-40-41-43-45-48-51-54-57-60-63-66-72(75)78-69-70(68-77-71(74)65-62-59-56-53-50-47-24-21-18-15-12-9-6-3)79-73(76)67-64-61-58-55-52-49-46-44-42-39-32-30-28-26-23-20-17-14-11-8-5-2/h9,12,18,21-22,25,29-32,34-35,47,50,56,59,70H,4-8,10-11,13-17,19-20,23-24,26-28,33,36-46,48-49,51-55,57-58,60-69H2,1-3H3/b12-9-,21-18-,25-22-,31-29-,32-30-,35-34-,50-47-,59-56-. The Labute approximate surface area is 489 Å². The second-order valence-corrected chi connectivity index (χ2v) is 22.3. The lowest BCUT2D eigenvalue weighted by molar-refractivity contribution is -0.166. The zero-order chi connectivity index (χ0) is 57.1. The fraction of sp³-hybridized carbons (Fsp3) is 0.740. The SMILES string of the molecule is CC/C=C\C/C=C\C/C=C\C/C=C\CCC(=O)OCC(COC(=O)CCCCCCCCCCCCCC/C=C\C/C=C\C/C=C\CCCCCCC)OC(=O)CCCCCCCCCCC/C=C\CCCCCCCCCC. The van der Waals surface area contributed by atoms with Crippen molar-refractivity contribution >= 4 is 17.9 Å². The molecule has 1 atom stereocenters. The predicted molar refractivity (Wildman–Crippen MR) is 344 cm³/mol. The van der Waals surface area contributed by atoms with Crippen molar-refractivity contribution in [1.29, 1.82) is 0 Å². The van der Waals surface area contributed by atoms with Crippen LogP contribution in [0, 0.1) is 0 Å². The maximum absolute atomic E-state index is 12.9. The number of allylic oxidation sites excluding steroid dienone is 16. The zero-order valence-corrected chi connectivity index (χ0v) is 52.1. The number of carbonyl (C=O) groups is 3. The summed E-state index contributed by atoms with van der Waals surface area (Å²) in [6.07, 6.45) is 90.2. The second kappa shape index (κ2) is 66.8. The average molecular weight is 1100 g/mol. The summed E-state index contributed by atoms with van der Waals surface area (Å²) in [4.78, 5) is 38.3. The number of carbonyl (C=O) groups excluding carboxylic acids is 3. The van der Waals surface area contributed by atoms with Gasteiger partial charge in [0.1, 0.15) is 13.2 Å². The number of hydrogen-bond donors (Lipinski definition) is 0. The van der Waals surface area contributed by atoms with Crippen molar-refractivity contribution < 1.29 is 28.6 Å². The third kappa shape index (κ3) is 65.0. The average Bonchev–Trinajstić information content (AvgIpc) is 3.45. The van der Waals surface area contributed by atoms with Gasteiger partial charge in [-0.2, -0.15) is 0 Å². The molecule has 0 saturated carbocycles. The minimum atomic E-state index is -0.810. The summed E-state index contributed by atoms with van der Waals surface area (Å²) in [6, 6.07) is 0. The quantitative estimate of drug-likeness (QED) is 0.0261. The summed E-state index contributed by atoms with van der Waals surface area (Å²) in [6.45, 7) is 6.48. The van der Waals surface area contributed by atoms with E-state index in [1.807, 2.05) is 6.08 Å². The van der Waals surface area contributed by atoms with Crippen LogP contribution in [0.15, 0.2) is 97.2 Å². The first-order valence-electron chi connectivity index (χ1n) is 33.7. The first-order chi connectivity index (χ1) is 39.0. The highest BCUT2D eigenvalue weighted by Gasteiger charge is 2.19. The summed E-state index contributed by atoms with van der Waals surface area (Å²) in [7, 11) is 0. The Morgan fingerprint density at radius 2 is 0.519 bits per heavy atom. The van der Waals surface area contributed by atoms with Gasteiger partial charge in [0.05, 0.1) is 0 Å². The highest BCUT2D eigenvalue weighted by atomic mass is 16.6. The minimum Gasteiger partial charge on any atom is -0.462 e. The van der Waals surface area contributed by atoms with Crippen LogP contribution in [0.4, 0.5) is 0 Å². The van der Waals surface area contributed by atoms with Crippen LogP contribution >= 0.6 is 0 Å². The lowest BCUT2D eigenvalue weighted by Gasteiger charge is -2.18. The van der Waals surface area contributed by atoms with Crippen LogP contribution in [-0.4, -0.2) is 37.2 Å². The maximum Gasteiger partial charge on any atom is 0.306 e. The molecule has 0 radical (unpaired) electrons. The Morgan fingerprint density at radius 3 is 0.861 bits per heavy atom. The first-order valence-corrected chi connectivity index (χ1v) is 33.7. The van der Waals surface area contributed by atoms with Crippen molar-refractivity contribution in [2.75, 3.05) is 13.2 Å². The van der Waals surface area contributed by atoms with Crippen LogP contribution < -0.4 is 0 Å². The van der Waals surface area contributed by atoms with Crippen LogP contribution in [0.5, 0.6) is 0 Å². The van der Waals surface area contributed by atoms with E-state index in [0.29, 0.717) is 19.3 Å². The van der Waals surface area contributed by atoms with E-state index in [4.69, 9.17) is 14.2 Å². The van der Waals surface area contributed by atoms with E-state index >= 15 is 0 Å². The molecule has 0 aliphatic rings. The molecule has 1 unspecified atom stereocenters. The van der Waals surface area contributed by atoms with Crippen LogP contribution in [0.3, 0.4) is 0 Å². The van der Waals surface area contributed by atoms with E-state index in [0.717, 1.165) is 77.0 Å². The Balaban J connectivity index is 4.32. The molecular weight excluding hydrogens is 973 g/mol. The molecule has 79 heavy (non-hydrogen) atoms. The van der Waals surface area contributed by atoms with E-state index in [9.17, 15) is 14.4 Å². The Hall–Kier alpha value is -3.67. The molecule has 0 heterocycles. The topological polar surface area (TPSA) is 78.9 Å². The van der Waals surface area contributed by atoms with Crippen molar-refractivity contribution in [3.63, 3.8) is 0 Å². The number of esters is 3. The van der Waals surface area contributed by atoms with Crippen LogP contribution in [0.2, 0.25) is 0 Å². The van der Waals surface area contributed by atoms with Gasteiger partial charge in [-0.3, -0.25) is 14.4 Å². The Kier molecular flexibility index (Phi) is 63.7. The fourth-order valence-corrected chi connectivity index (χ4v) is 9.52. The van der Waals surface area contributed by atoms with E-state index in [-0.39, 0.29) is 37.5 Å². The molecule has 0 fully saturated rings. The van der Waals surface area contributed by atoms with Crippen LogP contribution in [-0.2, 0) is 28.6 Å². The Bertz CT molecular complexity index is 1540. The molecule has 0 N–H and O–H groups in total. The van der Waals surface area contributed by atoms with Gasteiger partial charge in [0.25, 0.3) is 0 Å². The largest absolute Gasteiger partial charge is 0.462 e. The highest BCUT2D eigenvalue weighted by Crippen LogP contribution is 2.16. The molecule has 0 aromatic carbocycles. The molecular formula is C73H126O6. The smallest absolute Gasteiger partial charge is 0.306 e. The fourth-order valence-electron chi connectivity index (χ4n) is 9.52. The van der Waals surface area contributed by atoms with Crippen molar-refractivity contribution in [2.24, 2.45) is 0 Å². The van der Waals surface area contributed by atoms with Gasteiger partial charge in [-0.05, 0) is 109 Å². The second-order valence-electron chi connectivity index (χ2n) is 22.3. The number of rotatable bonds is 61. The molecule has 454 valence electrons. The van der Waals surface area contributed by atoms with Crippen LogP contribution in [0.1, 0.15) is 329 Å². The predicted octanol–water partition coefficient (Wildman–Crippen LogP) is 23.2. The monoisotopic (exact) mass is 1100 g/mol. The normalized spacial score (nSPS) is 12.7. The molecule has 0 rings (SSSR count). The molecule has 0 saturated heterocycles. The highest BCUT2D eigenvalue weighted by molar-refractivity contribution is 5.71. The number of unbranched alkanes of at least 4 members (excludes halogenated alkanes) is 34. The zero-order valence-electron chi connectivity index (χ0n) is 52.1. The molecule has 0 aliphatic heterocycles. The summed E-state index contributed by atoms with van der Waals surface area (Å²) >= 11 is 0. The van der Waals surface area contributed by atoms with Gasteiger partial charge >= 0.3 is 17.9 Å². The van der Waals surface area contributed by atoms with Gasteiger partial charge in [0.2, 0.25) is 0 Å². The summed E-state index contributed by atoms with van der Waals surface area (Å²) in [5.74, 6) is -0.978. The lowest BCUT2D eigenvalue weighted by atomic mass is 10.0. The number of hydrogen-bond acceptors (Lipinski definition) is 6. The summed E-state index contributed by atoms with van der Waals surface area (Å²) in [5.41, 5.74) is 0. The van der Waals surface area contributed by atoms with Crippen molar-refractivity contribution in [2.45, 2.75) is 335 Å². The van der Waals surface area contributed by atoms with Crippen molar-refractivity contribution in [3.05, 3.63) is 97.2 Å². The van der Waals surface area contributed by atoms with Gasteiger partial charge in [-0.25, -0.2) is 0 Å². The van der Waals surface area contributed by atoms with Crippen LogP contribution in [0.25, 0.3) is 0 Å². The molecule has 6 nitrogen and oxygen atoms in total. The third-order valence-corrected chi connectivity index (χ3v) is 14.6. The lowest BCUT2D eigenvalue weighted by Crippen LogP contribution is -2.30. The van der Waals surface area contributed by atoms with Crippen molar-refractivity contribution in [3.8, 4) is 0 Å². The third-order valence-electron chi connectivity index (χ3n) is 14.6. The van der Waals surface area contributed by atoms with E-state index in [1.54, 1.807) is 0 Å². The van der Waals surface area contributed by atoms with E-state index in [2.05, 4.69) is 112 Å². The Morgan fingerprint density at radius 1 is 0.266 bits per heavy atom. The molecule has 0 aromatic heterocycles. The molecule has 0 aliphatic carbocycles. The summed E-state index contributed by atoms with van der Waals surface area (Å²) in [5, 5.41) is 0. The molecule has 6 heteroatoms. The maximum atomic E-state index is 12.9.